The second kappa shape index (κ2) is 5.44. The van der Waals surface area contributed by atoms with Crippen LogP contribution in [0.3, 0.4) is 0 Å². The van der Waals surface area contributed by atoms with Gasteiger partial charge in [0.25, 0.3) is 5.91 Å². The lowest BCUT2D eigenvalue weighted by Gasteiger charge is -2.04. The molecule has 0 bridgehead atoms. The van der Waals surface area contributed by atoms with E-state index in [1.54, 1.807) is 18.4 Å². The molecule has 0 aliphatic carbocycles. The minimum Gasteiger partial charge on any atom is -0.469 e. The van der Waals surface area contributed by atoms with Crippen LogP contribution in [0.5, 0.6) is 0 Å². The summed E-state index contributed by atoms with van der Waals surface area (Å²) < 4.78 is 30.9. The number of benzene rings is 1. The number of nitrogens with one attached hydrogen (secondary N) is 1. The van der Waals surface area contributed by atoms with E-state index in [-0.39, 0.29) is 5.56 Å². The van der Waals surface area contributed by atoms with E-state index in [1.807, 2.05) is 0 Å². The Balaban J connectivity index is 1.91. The van der Waals surface area contributed by atoms with Gasteiger partial charge in [0, 0.05) is 24.6 Å². The van der Waals surface area contributed by atoms with Crippen molar-refractivity contribution >= 4 is 5.91 Å². The number of furan rings is 1. The maximum Gasteiger partial charge on any atom is 0.251 e. The van der Waals surface area contributed by atoms with Crippen molar-refractivity contribution in [1.82, 2.24) is 5.32 Å². The van der Waals surface area contributed by atoms with E-state index >= 15 is 0 Å². The highest BCUT2D eigenvalue weighted by Gasteiger charge is 2.08. The number of carbonyl (C=O) groups excluding carboxylic acids is 1. The Hall–Kier alpha value is -2.17. The lowest BCUT2D eigenvalue weighted by atomic mass is 10.2. The summed E-state index contributed by atoms with van der Waals surface area (Å²) in [5, 5.41) is 2.56. The Kier molecular flexibility index (Phi) is 3.72. The smallest absolute Gasteiger partial charge is 0.251 e. The van der Waals surface area contributed by atoms with Crippen molar-refractivity contribution in [2.24, 2.45) is 0 Å². The van der Waals surface area contributed by atoms with Gasteiger partial charge in [-0.1, -0.05) is 0 Å². The molecule has 1 heterocycles. The highest BCUT2D eigenvalue weighted by Crippen LogP contribution is 2.08. The molecule has 2 rings (SSSR count). The van der Waals surface area contributed by atoms with Crippen molar-refractivity contribution in [1.29, 1.82) is 0 Å². The summed E-state index contributed by atoms with van der Waals surface area (Å²) in [5.41, 5.74) is -0.0352. The molecular weight excluding hydrogens is 240 g/mol. The van der Waals surface area contributed by atoms with E-state index in [0.717, 1.165) is 24.0 Å². The first-order chi connectivity index (χ1) is 8.65. The van der Waals surface area contributed by atoms with E-state index in [1.165, 1.54) is 0 Å². The first kappa shape index (κ1) is 12.3. The molecule has 1 aromatic carbocycles. The molecule has 0 aliphatic rings. The van der Waals surface area contributed by atoms with Gasteiger partial charge in [0.15, 0.2) is 0 Å². The molecule has 0 saturated carbocycles. The van der Waals surface area contributed by atoms with Crippen LogP contribution in [-0.4, -0.2) is 12.5 Å². The highest BCUT2D eigenvalue weighted by molar-refractivity contribution is 5.94. The molecule has 0 saturated heterocycles. The fraction of sp³-hybridized carbons (Fsp3) is 0.154. The lowest BCUT2D eigenvalue weighted by molar-refractivity contribution is 0.0952. The molecule has 1 aromatic heterocycles. The van der Waals surface area contributed by atoms with Crippen molar-refractivity contribution in [3.8, 4) is 0 Å². The largest absolute Gasteiger partial charge is 0.469 e. The summed E-state index contributed by atoms with van der Waals surface area (Å²) in [6.45, 7) is 0.338. The van der Waals surface area contributed by atoms with Crippen LogP contribution in [0.1, 0.15) is 16.1 Å². The van der Waals surface area contributed by atoms with Gasteiger partial charge in [0.2, 0.25) is 0 Å². The number of halogens is 2. The standard InChI is InChI=1S/C13H11F2NO2/c14-10-6-9(7-11(15)8-10)13(17)16-4-3-12-2-1-5-18-12/h1-2,5-8H,3-4H2,(H,16,17). The topological polar surface area (TPSA) is 42.2 Å². The van der Waals surface area contributed by atoms with Gasteiger partial charge in [-0.05, 0) is 24.3 Å². The van der Waals surface area contributed by atoms with Crippen molar-refractivity contribution in [3.63, 3.8) is 0 Å². The molecule has 94 valence electrons. The third-order valence-electron chi connectivity index (χ3n) is 2.36. The van der Waals surface area contributed by atoms with Gasteiger partial charge in [-0.25, -0.2) is 8.78 Å². The minimum absolute atomic E-state index is 0.0352. The number of rotatable bonds is 4. The quantitative estimate of drug-likeness (QED) is 0.907. The zero-order valence-electron chi connectivity index (χ0n) is 9.45. The third kappa shape index (κ3) is 3.16. The molecule has 0 unspecified atom stereocenters. The molecule has 2 aromatic rings. The predicted octanol–water partition coefficient (Wildman–Crippen LogP) is 2.53. The number of hydrogen-bond acceptors (Lipinski definition) is 2. The molecule has 0 atom stereocenters. The summed E-state index contributed by atoms with van der Waals surface area (Å²) in [6, 6.07) is 6.24. The lowest BCUT2D eigenvalue weighted by Crippen LogP contribution is -2.25. The first-order valence-electron chi connectivity index (χ1n) is 5.42. The normalized spacial score (nSPS) is 10.3. The van der Waals surface area contributed by atoms with Crippen LogP contribution >= 0.6 is 0 Å². The summed E-state index contributed by atoms with van der Waals surface area (Å²) in [5.74, 6) is -1.32. The fourth-order valence-electron chi connectivity index (χ4n) is 1.54. The van der Waals surface area contributed by atoms with Crippen LogP contribution in [0, 0.1) is 11.6 Å². The number of hydrogen-bond donors (Lipinski definition) is 1. The van der Waals surface area contributed by atoms with Gasteiger partial charge >= 0.3 is 0 Å². The van der Waals surface area contributed by atoms with Gasteiger partial charge in [-0.15, -0.1) is 0 Å². The molecule has 1 N–H and O–H groups in total. The first-order valence-corrected chi connectivity index (χ1v) is 5.42. The molecule has 1 amide bonds. The summed E-state index contributed by atoms with van der Waals surface area (Å²) >= 11 is 0. The average Bonchev–Trinajstić information content (AvgIpc) is 2.80. The van der Waals surface area contributed by atoms with E-state index in [9.17, 15) is 13.6 Å². The molecule has 3 nitrogen and oxygen atoms in total. The number of carbonyl (C=O) groups is 1. The van der Waals surface area contributed by atoms with Crippen LogP contribution in [0.15, 0.2) is 41.0 Å². The van der Waals surface area contributed by atoms with Crippen molar-refractivity contribution < 1.29 is 18.0 Å². The van der Waals surface area contributed by atoms with Crippen LogP contribution in [-0.2, 0) is 6.42 Å². The van der Waals surface area contributed by atoms with E-state index in [0.29, 0.717) is 13.0 Å². The second-order valence-corrected chi connectivity index (χ2v) is 3.74. The fourth-order valence-corrected chi connectivity index (χ4v) is 1.54. The van der Waals surface area contributed by atoms with Crippen molar-refractivity contribution in [2.75, 3.05) is 6.54 Å². The van der Waals surface area contributed by atoms with E-state index in [4.69, 9.17) is 4.42 Å². The van der Waals surface area contributed by atoms with Crippen molar-refractivity contribution in [2.45, 2.75) is 6.42 Å². The SMILES string of the molecule is O=C(NCCc1ccco1)c1cc(F)cc(F)c1. The average molecular weight is 251 g/mol. The monoisotopic (exact) mass is 251 g/mol. The van der Waals surface area contributed by atoms with Crippen LogP contribution in [0.4, 0.5) is 8.78 Å². The Morgan fingerprint density at radius 2 is 1.94 bits per heavy atom. The maximum atomic E-state index is 12.9. The summed E-state index contributed by atoms with van der Waals surface area (Å²) in [7, 11) is 0. The predicted molar refractivity (Wildman–Crippen MR) is 61.1 cm³/mol. The second-order valence-electron chi connectivity index (χ2n) is 3.74. The highest BCUT2D eigenvalue weighted by atomic mass is 19.1. The van der Waals surface area contributed by atoms with Crippen LogP contribution in [0.2, 0.25) is 0 Å². The summed E-state index contributed by atoms with van der Waals surface area (Å²) in [6.07, 6.45) is 2.07. The van der Waals surface area contributed by atoms with Crippen LogP contribution < -0.4 is 5.32 Å². The molecular formula is C13H11F2NO2. The Labute approximate surface area is 102 Å². The molecule has 0 fully saturated rings. The van der Waals surface area contributed by atoms with Gasteiger partial charge in [0.05, 0.1) is 6.26 Å². The molecule has 0 radical (unpaired) electrons. The Morgan fingerprint density at radius 1 is 1.22 bits per heavy atom. The van der Waals surface area contributed by atoms with Crippen LogP contribution in [0.25, 0.3) is 0 Å². The van der Waals surface area contributed by atoms with Crippen molar-refractivity contribution in [3.05, 3.63) is 59.6 Å². The van der Waals surface area contributed by atoms with E-state index < -0.39 is 17.5 Å². The van der Waals surface area contributed by atoms with E-state index in [2.05, 4.69) is 5.32 Å². The van der Waals surface area contributed by atoms with Gasteiger partial charge in [0.1, 0.15) is 17.4 Å². The zero-order valence-corrected chi connectivity index (χ0v) is 9.45. The van der Waals surface area contributed by atoms with Gasteiger partial charge < -0.3 is 9.73 Å². The zero-order chi connectivity index (χ0) is 13.0. The molecule has 18 heavy (non-hydrogen) atoms. The van der Waals surface area contributed by atoms with Gasteiger partial charge in [-0.2, -0.15) is 0 Å². The molecule has 0 aliphatic heterocycles. The third-order valence-corrected chi connectivity index (χ3v) is 2.36. The molecule has 5 heteroatoms. The Morgan fingerprint density at radius 3 is 2.56 bits per heavy atom. The summed E-state index contributed by atoms with van der Waals surface area (Å²) in [4.78, 5) is 11.6. The molecule has 0 spiro atoms. The Bertz CT molecular complexity index is 518. The minimum atomic E-state index is -0.772. The maximum absolute atomic E-state index is 12.9. The van der Waals surface area contributed by atoms with Gasteiger partial charge in [-0.3, -0.25) is 4.79 Å². The number of amides is 1.